The molecule has 3 aliphatic rings. The van der Waals surface area contributed by atoms with E-state index >= 15 is 0 Å². The number of carbonyl (C=O) groups is 2. The molecule has 2 aromatic carbocycles. The topological polar surface area (TPSA) is 86.3 Å². The van der Waals surface area contributed by atoms with Gasteiger partial charge >= 0.3 is 5.97 Å². The quantitative estimate of drug-likeness (QED) is 0.286. The van der Waals surface area contributed by atoms with Gasteiger partial charge in [0.25, 0.3) is 0 Å². The van der Waals surface area contributed by atoms with E-state index in [1.807, 2.05) is 42.5 Å². The van der Waals surface area contributed by atoms with Crippen LogP contribution in [0.4, 0.5) is 5.69 Å². The van der Waals surface area contributed by atoms with E-state index in [4.69, 9.17) is 18.9 Å². The molecule has 39 heavy (non-hydrogen) atoms. The molecule has 3 aliphatic heterocycles. The van der Waals surface area contributed by atoms with Crippen LogP contribution in [0.25, 0.3) is 0 Å². The molecular formula is C31H38N2O6. The molecule has 0 amide bonds. The van der Waals surface area contributed by atoms with Crippen LogP contribution in [0.5, 0.6) is 11.5 Å². The van der Waals surface area contributed by atoms with Gasteiger partial charge in [0.1, 0.15) is 17.0 Å². The number of piperidine rings is 1. The molecule has 8 heteroatoms. The summed E-state index contributed by atoms with van der Waals surface area (Å²) in [5.74, 6) is 1.35. The van der Waals surface area contributed by atoms with Crippen molar-refractivity contribution in [3.8, 4) is 11.5 Å². The number of carbonyl (C=O) groups excluding carboxylic acids is 2. The Morgan fingerprint density at radius 1 is 1.15 bits per heavy atom. The van der Waals surface area contributed by atoms with Gasteiger partial charge in [0, 0.05) is 31.2 Å². The lowest BCUT2D eigenvalue weighted by Crippen LogP contribution is -2.57. The Morgan fingerprint density at radius 3 is 2.64 bits per heavy atom. The van der Waals surface area contributed by atoms with E-state index in [0.29, 0.717) is 36.3 Å². The molecule has 0 bridgehead atoms. The van der Waals surface area contributed by atoms with Gasteiger partial charge in [0.15, 0.2) is 5.78 Å². The second-order valence-corrected chi connectivity index (χ2v) is 10.6. The summed E-state index contributed by atoms with van der Waals surface area (Å²) in [5, 5.41) is 3.64. The van der Waals surface area contributed by atoms with E-state index in [-0.39, 0.29) is 29.6 Å². The summed E-state index contributed by atoms with van der Waals surface area (Å²) >= 11 is 0. The van der Waals surface area contributed by atoms with Gasteiger partial charge in [-0.2, -0.15) is 0 Å². The standard InChI is InChI=1S/C31H38N2O6/c1-5-21-18-33-15-14-31(27(33)17-23(21)24(19-36-2)30(35)38-4)29(34)28-25(32-31)7-6-8-26(28)39-16-13-20-9-11-22(37-3)12-10-20/h6-12,19,21,23,27,32H,5,13-18H2,1-4H3/b24-19+/t21-,23+,27+,31+/m1/s1. The van der Waals surface area contributed by atoms with Crippen LogP contribution in [0.3, 0.4) is 0 Å². The lowest BCUT2D eigenvalue weighted by atomic mass is 9.72. The number of nitrogens with zero attached hydrogens (tertiary/aromatic N) is 1. The van der Waals surface area contributed by atoms with E-state index in [0.717, 1.165) is 42.9 Å². The fraction of sp³-hybridized carbons (Fsp3) is 0.484. The van der Waals surface area contributed by atoms with Gasteiger partial charge in [0.05, 0.1) is 45.3 Å². The highest BCUT2D eigenvalue weighted by molar-refractivity contribution is 6.16. The normalized spacial score (nSPS) is 26.1. The first-order valence-electron chi connectivity index (χ1n) is 13.7. The maximum absolute atomic E-state index is 14.2. The molecular weight excluding hydrogens is 496 g/mol. The third-order valence-electron chi connectivity index (χ3n) is 8.73. The van der Waals surface area contributed by atoms with Crippen molar-refractivity contribution < 1.29 is 28.5 Å². The van der Waals surface area contributed by atoms with Crippen LogP contribution in [0, 0.1) is 11.8 Å². The molecule has 3 heterocycles. The number of ketones is 1. The van der Waals surface area contributed by atoms with E-state index in [1.165, 1.54) is 13.4 Å². The lowest BCUT2D eigenvalue weighted by molar-refractivity contribution is -0.137. The minimum atomic E-state index is -0.747. The van der Waals surface area contributed by atoms with Gasteiger partial charge < -0.3 is 24.3 Å². The van der Waals surface area contributed by atoms with Crippen LogP contribution in [-0.2, 0) is 20.7 Å². The number of hydrogen-bond donors (Lipinski definition) is 1. The number of ether oxygens (including phenoxy) is 4. The van der Waals surface area contributed by atoms with Gasteiger partial charge in [-0.1, -0.05) is 31.5 Å². The summed E-state index contributed by atoms with van der Waals surface area (Å²) in [4.78, 5) is 29.4. The maximum Gasteiger partial charge on any atom is 0.337 e. The molecule has 2 saturated heterocycles. The van der Waals surface area contributed by atoms with Crippen LogP contribution < -0.4 is 14.8 Å². The number of methoxy groups -OCH3 is 3. The third-order valence-corrected chi connectivity index (χ3v) is 8.73. The number of esters is 1. The second-order valence-electron chi connectivity index (χ2n) is 10.6. The van der Waals surface area contributed by atoms with Crippen molar-refractivity contribution in [3.05, 3.63) is 65.4 Å². The number of nitrogens with one attached hydrogen (secondary N) is 1. The molecule has 0 aliphatic carbocycles. The molecule has 1 N–H and O–H groups in total. The predicted octanol–water partition coefficient (Wildman–Crippen LogP) is 4.49. The van der Waals surface area contributed by atoms with Crippen molar-refractivity contribution in [1.29, 1.82) is 0 Å². The molecule has 2 fully saturated rings. The van der Waals surface area contributed by atoms with E-state index in [9.17, 15) is 9.59 Å². The average Bonchev–Trinajstić information content (AvgIpc) is 3.47. The zero-order valence-corrected chi connectivity index (χ0v) is 23.2. The van der Waals surface area contributed by atoms with E-state index < -0.39 is 5.54 Å². The highest BCUT2D eigenvalue weighted by Gasteiger charge is 2.59. The first kappa shape index (κ1) is 27.1. The monoisotopic (exact) mass is 534 g/mol. The second kappa shape index (κ2) is 11.3. The molecule has 2 aromatic rings. The Hall–Kier alpha value is -3.52. The lowest BCUT2D eigenvalue weighted by Gasteiger charge is -2.45. The smallest absolute Gasteiger partial charge is 0.337 e. The Kier molecular flexibility index (Phi) is 7.84. The van der Waals surface area contributed by atoms with Crippen molar-refractivity contribution in [3.63, 3.8) is 0 Å². The summed E-state index contributed by atoms with van der Waals surface area (Å²) in [6.07, 6.45) is 4.54. The number of anilines is 1. The third kappa shape index (κ3) is 4.86. The van der Waals surface area contributed by atoms with Crippen LogP contribution in [0.1, 0.15) is 42.1 Å². The van der Waals surface area contributed by atoms with Crippen molar-refractivity contribution >= 4 is 17.4 Å². The average molecular weight is 535 g/mol. The van der Waals surface area contributed by atoms with Gasteiger partial charge in [0.2, 0.25) is 0 Å². The predicted molar refractivity (Wildman–Crippen MR) is 148 cm³/mol. The summed E-state index contributed by atoms with van der Waals surface area (Å²) in [6.45, 7) is 4.26. The van der Waals surface area contributed by atoms with Crippen molar-refractivity contribution in [2.75, 3.05) is 46.3 Å². The van der Waals surface area contributed by atoms with Crippen LogP contribution in [-0.4, -0.2) is 69.3 Å². The molecule has 4 atom stereocenters. The molecule has 208 valence electrons. The highest BCUT2D eigenvalue weighted by atomic mass is 16.5. The molecule has 0 saturated carbocycles. The van der Waals surface area contributed by atoms with Crippen molar-refractivity contribution in [2.24, 2.45) is 11.8 Å². The summed E-state index contributed by atoms with van der Waals surface area (Å²) in [5.41, 5.74) is 2.38. The molecule has 5 rings (SSSR count). The number of benzene rings is 2. The first-order chi connectivity index (χ1) is 18.9. The molecule has 0 radical (unpaired) electrons. The van der Waals surface area contributed by atoms with Gasteiger partial charge in [-0.25, -0.2) is 4.79 Å². The summed E-state index contributed by atoms with van der Waals surface area (Å²) in [7, 11) is 4.60. The summed E-state index contributed by atoms with van der Waals surface area (Å²) in [6, 6.07) is 13.6. The minimum absolute atomic E-state index is 0.0535. The van der Waals surface area contributed by atoms with Crippen molar-refractivity contribution in [2.45, 2.75) is 44.2 Å². The molecule has 1 spiro atoms. The Labute approximate surface area is 230 Å². The minimum Gasteiger partial charge on any atom is -0.504 e. The SMILES string of the molecule is CC[C@@H]1CN2CC[C@]3(Nc4cccc(OCCc5ccc(OC)cc5)c4C3=O)[C@@H]2C[C@@H]1/C(=C\OC)C(=O)OC. The first-order valence-corrected chi connectivity index (χ1v) is 13.7. The number of hydrogen-bond acceptors (Lipinski definition) is 8. The molecule has 0 aromatic heterocycles. The molecule has 0 unspecified atom stereocenters. The van der Waals surface area contributed by atoms with Crippen LogP contribution in [0.2, 0.25) is 0 Å². The van der Waals surface area contributed by atoms with Gasteiger partial charge in [-0.15, -0.1) is 0 Å². The van der Waals surface area contributed by atoms with E-state index in [2.05, 4.69) is 17.1 Å². The zero-order valence-electron chi connectivity index (χ0n) is 23.2. The van der Waals surface area contributed by atoms with Crippen LogP contribution >= 0.6 is 0 Å². The fourth-order valence-electron chi connectivity index (χ4n) is 6.70. The number of fused-ring (bicyclic) bond motifs is 3. The van der Waals surface area contributed by atoms with Crippen molar-refractivity contribution in [1.82, 2.24) is 4.90 Å². The van der Waals surface area contributed by atoms with Crippen LogP contribution in [0.15, 0.2) is 54.3 Å². The Bertz CT molecular complexity index is 1240. The zero-order chi connectivity index (χ0) is 27.6. The maximum atomic E-state index is 14.2. The fourth-order valence-corrected chi connectivity index (χ4v) is 6.70. The van der Waals surface area contributed by atoms with Gasteiger partial charge in [-0.05, 0) is 54.5 Å². The Balaban J connectivity index is 1.36. The molecule has 8 nitrogen and oxygen atoms in total. The highest BCUT2D eigenvalue weighted by Crippen LogP contribution is 2.50. The Morgan fingerprint density at radius 2 is 1.95 bits per heavy atom. The summed E-state index contributed by atoms with van der Waals surface area (Å²) < 4.78 is 21.8. The number of rotatable bonds is 9. The largest absolute Gasteiger partial charge is 0.504 e. The number of Topliss-reactive ketones (excluding diaryl/α,β-unsaturated/α-hetero) is 1. The van der Waals surface area contributed by atoms with E-state index in [1.54, 1.807) is 14.2 Å². The van der Waals surface area contributed by atoms with Gasteiger partial charge in [-0.3, -0.25) is 9.69 Å².